The molecule has 176 valence electrons. The summed E-state index contributed by atoms with van der Waals surface area (Å²) in [7, 11) is 3.18. The van der Waals surface area contributed by atoms with Crippen LogP contribution in [-0.2, 0) is 16.5 Å². The molecule has 0 saturated heterocycles. The maximum atomic E-state index is 12.3. The number of aliphatic imine (C=N–C) groups is 2. The van der Waals surface area contributed by atoms with E-state index >= 15 is 0 Å². The molecule has 0 N–H and O–H groups in total. The molecule has 1 aliphatic rings. The summed E-state index contributed by atoms with van der Waals surface area (Å²) < 4.78 is 10.2. The first-order valence-corrected chi connectivity index (χ1v) is 10.7. The van der Waals surface area contributed by atoms with Crippen LogP contribution in [0.1, 0.15) is 36.8 Å². The topological polar surface area (TPSA) is 89.3 Å². The molecule has 1 aliphatic carbocycles. The first kappa shape index (κ1) is 26.2. The molecule has 0 aromatic heterocycles. The van der Waals surface area contributed by atoms with E-state index in [0.717, 1.165) is 25.7 Å². The van der Waals surface area contributed by atoms with Crippen LogP contribution in [0.5, 0.6) is 11.5 Å². The molecule has 3 rings (SSSR count). The minimum absolute atomic E-state index is 0. The van der Waals surface area contributed by atoms with Gasteiger partial charge in [0.05, 0.1) is 26.3 Å². The molecule has 0 aliphatic heterocycles. The van der Waals surface area contributed by atoms with E-state index in [1.165, 1.54) is 12.2 Å². The zero-order chi connectivity index (χ0) is 22.8. The van der Waals surface area contributed by atoms with Gasteiger partial charge in [0, 0.05) is 12.4 Å². The van der Waals surface area contributed by atoms with Gasteiger partial charge < -0.3 is 19.7 Å². The van der Waals surface area contributed by atoms with Gasteiger partial charge in [0.25, 0.3) is 0 Å². The van der Waals surface area contributed by atoms with Gasteiger partial charge >= 0.3 is 16.5 Å². The predicted octanol–water partition coefficient (Wildman–Crippen LogP) is 3.26. The van der Waals surface area contributed by atoms with Crippen molar-refractivity contribution in [1.82, 2.24) is 0 Å². The number of methoxy groups -OCH3 is 2. The summed E-state index contributed by atoms with van der Waals surface area (Å²) in [4.78, 5) is 9.17. The summed E-state index contributed by atoms with van der Waals surface area (Å²) >= 11 is 0. The summed E-state index contributed by atoms with van der Waals surface area (Å²) in [6, 6.07) is 14.0. The van der Waals surface area contributed by atoms with Gasteiger partial charge in [0.2, 0.25) is 0 Å². The summed E-state index contributed by atoms with van der Waals surface area (Å²) in [5, 5.41) is 24.6. The van der Waals surface area contributed by atoms with Gasteiger partial charge in [-0.2, -0.15) is 0 Å². The molecular weight excluding hydrogens is 463 g/mol. The van der Waals surface area contributed by atoms with E-state index in [1.807, 2.05) is 0 Å². The van der Waals surface area contributed by atoms with Crippen molar-refractivity contribution in [3.05, 3.63) is 71.8 Å². The van der Waals surface area contributed by atoms with Crippen molar-refractivity contribution in [2.75, 3.05) is 14.2 Å². The molecule has 0 unspecified atom stereocenters. The van der Waals surface area contributed by atoms with Crippen LogP contribution in [0.25, 0.3) is 11.5 Å². The molecule has 7 heteroatoms. The van der Waals surface area contributed by atoms with E-state index in [-0.39, 0.29) is 40.1 Å². The summed E-state index contributed by atoms with van der Waals surface area (Å²) in [6.45, 7) is 0. The number of hydrogen-bond acceptors (Lipinski definition) is 6. The molecule has 6 nitrogen and oxygen atoms in total. The zero-order valence-corrected chi connectivity index (χ0v) is 19.7. The Kier molecular flexibility index (Phi) is 10.7. The number of allylic oxidation sites excluding steroid dienone is 2. The third-order valence-corrected chi connectivity index (χ3v) is 5.45. The van der Waals surface area contributed by atoms with Crippen LogP contribution >= 0.6 is 0 Å². The van der Waals surface area contributed by atoms with E-state index in [9.17, 15) is 10.2 Å². The smallest absolute Gasteiger partial charge is 0.872 e. The van der Waals surface area contributed by atoms with Crippen molar-refractivity contribution >= 4 is 23.9 Å². The molecule has 0 heterocycles. The van der Waals surface area contributed by atoms with Crippen molar-refractivity contribution < 1.29 is 36.2 Å². The second-order valence-electron chi connectivity index (χ2n) is 7.53. The molecule has 2 aromatic carbocycles. The van der Waals surface area contributed by atoms with Crippen molar-refractivity contribution in [2.45, 2.75) is 37.8 Å². The van der Waals surface area contributed by atoms with Gasteiger partial charge in [0.1, 0.15) is 11.5 Å². The molecular formula is C26H28N2NiO4. The predicted molar refractivity (Wildman–Crippen MR) is 125 cm³/mol. The second-order valence-corrected chi connectivity index (χ2v) is 7.53. The Balaban J connectivity index is 0.00000385. The summed E-state index contributed by atoms with van der Waals surface area (Å²) in [6.07, 6.45) is 10.1. The minimum Gasteiger partial charge on any atom is -0.872 e. The Morgan fingerprint density at radius 1 is 0.727 bits per heavy atom. The molecule has 0 bridgehead atoms. The number of hydrogen-bond donors (Lipinski definition) is 0. The minimum atomic E-state index is -0.106. The van der Waals surface area contributed by atoms with Crippen molar-refractivity contribution in [2.24, 2.45) is 9.98 Å². The van der Waals surface area contributed by atoms with E-state index in [1.54, 1.807) is 75.2 Å². The van der Waals surface area contributed by atoms with Crippen molar-refractivity contribution in [1.29, 1.82) is 0 Å². The second kappa shape index (κ2) is 13.5. The maximum absolute atomic E-state index is 12.3. The Hall–Kier alpha value is -3.05. The van der Waals surface area contributed by atoms with Crippen LogP contribution in [0.15, 0.2) is 70.7 Å². The maximum Gasteiger partial charge on any atom is 2.00 e. The number of nitrogens with zero attached hydrogens (tertiary/aromatic N) is 2. The van der Waals surface area contributed by atoms with E-state index in [0.29, 0.717) is 22.6 Å². The van der Waals surface area contributed by atoms with E-state index < -0.39 is 0 Å². The van der Waals surface area contributed by atoms with Crippen LogP contribution in [0.2, 0.25) is 0 Å². The molecule has 33 heavy (non-hydrogen) atoms. The number of ether oxygens (including phenoxy) is 2. The molecule has 0 spiro atoms. The average molecular weight is 491 g/mol. The van der Waals surface area contributed by atoms with Gasteiger partial charge in [-0.1, -0.05) is 49.3 Å². The summed E-state index contributed by atoms with van der Waals surface area (Å²) in [5.74, 6) is 1.21. The Morgan fingerprint density at radius 3 is 1.42 bits per heavy atom. The molecule has 2 atom stereocenters. The Bertz CT molecular complexity index is 901. The third kappa shape index (κ3) is 7.79. The Labute approximate surface area is 205 Å². The van der Waals surface area contributed by atoms with Crippen LogP contribution in [0.3, 0.4) is 0 Å². The van der Waals surface area contributed by atoms with Crippen molar-refractivity contribution in [3.8, 4) is 11.5 Å². The van der Waals surface area contributed by atoms with Crippen LogP contribution in [0, 0.1) is 0 Å². The normalized spacial score (nSPS) is 19.5. The van der Waals surface area contributed by atoms with Crippen LogP contribution in [-0.4, -0.2) is 38.7 Å². The average Bonchev–Trinajstić information content (AvgIpc) is 2.85. The van der Waals surface area contributed by atoms with Gasteiger partial charge in [-0.25, -0.2) is 0 Å². The molecule has 1 fully saturated rings. The standard InChI is InChI=1S/C26H30N2O4.Ni/c1-31-21-11-7-19(8-12-21)25(29)15-17-27-23-5-3-4-6-24(23)28-18-16-26(30)20-9-13-22(32-2)14-10-20;/h7-18,23-24,29-30H,3-6H2,1-2H3;/q;+2/p-2/b25-15-,26-16-,27-17?,28-18?;/t23-,24-;/m0./s1. The van der Waals surface area contributed by atoms with Crippen LogP contribution in [0.4, 0.5) is 0 Å². The largest absolute Gasteiger partial charge is 2.00 e. The fourth-order valence-electron chi connectivity index (χ4n) is 3.59. The zero-order valence-electron chi connectivity index (χ0n) is 18.8. The SMILES string of the molecule is COc1ccc(/C([O-])=C/C=N[C@H]2CCCC[C@@H]2N=C/C=C(\[O-])c2ccc(OC)cc2)cc1.[Ni+2]. The van der Waals surface area contributed by atoms with Crippen molar-refractivity contribution in [3.63, 3.8) is 0 Å². The molecule has 0 radical (unpaired) electrons. The fraction of sp³-hybridized carbons (Fsp3) is 0.308. The third-order valence-electron chi connectivity index (χ3n) is 5.45. The van der Waals surface area contributed by atoms with Gasteiger partial charge in [-0.3, -0.25) is 9.98 Å². The molecule has 0 amide bonds. The molecule has 2 aromatic rings. The van der Waals surface area contributed by atoms with E-state index in [2.05, 4.69) is 9.98 Å². The number of benzene rings is 2. The van der Waals surface area contributed by atoms with Gasteiger partial charge in [-0.05, 0) is 48.2 Å². The quantitative estimate of drug-likeness (QED) is 0.322. The van der Waals surface area contributed by atoms with E-state index in [4.69, 9.17) is 9.47 Å². The first-order chi connectivity index (χ1) is 15.6. The van der Waals surface area contributed by atoms with Gasteiger partial charge in [-0.15, -0.1) is 11.5 Å². The molecule has 1 saturated carbocycles. The number of rotatable bonds is 8. The fourth-order valence-corrected chi connectivity index (χ4v) is 3.59. The van der Waals surface area contributed by atoms with Crippen LogP contribution < -0.4 is 19.7 Å². The first-order valence-electron chi connectivity index (χ1n) is 10.7. The monoisotopic (exact) mass is 490 g/mol. The van der Waals surface area contributed by atoms with Gasteiger partial charge in [0.15, 0.2) is 0 Å². The Morgan fingerprint density at radius 2 is 1.09 bits per heavy atom. The summed E-state index contributed by atoms with van der Waals surface area (Å²) in [5.41, 5.74) is 1.17.